The molecule has 12 rings (SSSR count). The molecule has 4 aromatic rings. The summed E-state index contributed by atoms with van der Waals surface area (Å²) in [5, 5.41) is 5.34. The Bertz CT molecular complexity index is 2600. The SMILES string of the molecule is CO[C@H]1CC[C@@H](C(=O)N2Cc3cccnc3N(O[C@H]3CC[C@H](C(=O)N4Cc5cccnc5Nc5ccc(N6CC7CCC(C6)O7)cc54)CC3)c3ccc(N4CCN(C5(C(F)(F)F)CC5)CC4)cc32)CC1. The molecule has 2 aromatic heterocycles. The lowest BCUT2D eigenvalue weighted by atomic mass is 9.86. The Balaban J connectivity index is 0.806. The average Bonchev–Trinajstić information content (AvgIpc) is 4.19. The zero-order valence-electron chi connectivity index (χ0n) is 39.8. The summed E-state index contributed by atoms with van der Waals surface area (Å²) in [4.78, 5) is 56.4. The summed E-state index contributed by atoms with van der Waals surface area (Å²) in [5.74, 6) is 1.04. The highest BCUT2D eigenvalue weighted by Gasteiger charge is 2.66. The van der Waals surface area contributed by atoms with Crippen molar-refractivity contribution in [2.24, 2.45) is 11.8 Å². The molecular formula is C53H62F3N9O5. The number of benzene rings is 2. The molecule has 2 unspecified atom stereocenters. The van der Waals surface area contributed by atoms with Gasteiger partial charge in [-0.25, -0.2) is 15.0 Å². The zero-order valence-corrected chi connectivity index (χ0v) is 39.8. The van der Waals surface area contributed by atoms with E-state index in [0.717, 1.165) is 78.5 Å². The number of ether oxygens (including phenoxy) is 2. The summed E-state index contributed by atoms with van der Waals surface area (Å²) in [6, 6.07) is 20.2. The number of nitrogens with zero attached hydrogens (tertiary/aromatic N) is 8. The van der Waals surface area contributed by atoms with E-state index in [2.05, 4.69) is 38.3 Å². The monoisotopic (exact) mass is 961 g/mol. The molecule has 14 nitrogen and oxygen atoms in total. The van der Waals surface area contributed by atoms with E-state index < -0.39 is 11.7 Å². The second-order valence-corrected chi connectivity index (χ2v) is 20.8. The van der Waals surface area contributed by atoms with E-state index >= 15 is 0 Å². The van der Waals surface area contributed by atoms with Crippen LogP contribution in [0.4, 0.5) is 58.9 Å². The predicted octanol–water partition coefficient (Wildman–Crippen LogP) is 9.03. The molecule has 8 aliphatic rings. The van der Waals surface area contributed by atoms with E-state index in [0.29, 0.717) is 88.4 Å². The van der Waals surface area contributed by atoms with Gasteiger partial charge in [0.05, 0.1) is 60.3 Å². The van der Waals surface area contributed by atoms with Crippen LogP contribution in [0.2, 0.25) is 0 Å². The summed E-state index contributed by atoms with van der Waals surface area (Å²) in [6.45, 7) is 3.84. The van der Waals surface area contributed by atoms with Gasteiger partial charge < -0.3 is 34.4 Å². The Kier molecular flexibility index (Phi) is 11.9. The fourth-order valence-corrected chi connectivity index (χ4v) is 12.5. The number of alkyl halides is 3. The van der Waals surface area contributed by atoms with Gasteiger partial charge >= 0.3 is 6.18 Å². The molecule has 3 aliphatic carbocycles. The van der Waals surface area contributed by atoms with Crippen molar-refractivity contribution in [1.82, 2.24) is 14.9 Å². The smallest absolute Gasteiger partial charge is 0.381 e. The largest absolute Gasteiger partial charge is 0.406 e. The first-order valence-electron chi connectivity index (χ1n) is 25.5. The van der Waals surface area contributed by atoms with E-state index in [1.807, 2.05) is 52.3 Å². The molecule has 0 radical (unpaired) electrons. The number of rotatable bonds is 8. The molecule has 3 saturated heterocycles. The number of carbonyl (C=O) groups excluding carboxylic acids is 2. The first kappa shape index (κ1) is 45.6. The molecule has 5 aliphatic heterocycles. The number of anilines is 8. The highest BCUT2D eigenvalue weighted by molar-refractivity contribution is 6.01. The molecular weight excluding hydrogens is 900 g/mol. The minimum absolute atomic E-state index is 0.0298. The molecule has 370 valence electrons. The number of carbonyl (C=O) groups is 2. The molecule has 7 heterocycles. The lowest BCUT2D eigenvalue weighted by Crippen LogP contribution is -2.56. The number of halogens is 3. The average molecular weight is 962 g/mol. The second-order valence-electron chi connectivity index (χ2n) is 20.8. The number of piperazine rings is 1. The van der Waals surface area contributed by atoms with Gasteiger partial charge in [-0.2, -0.15) is 13.2 Å². The molecule has 2 bridgehead atoms. The van der Waals surface area contributed by atoms with Crippen LogP contribution in [0, 0.1) is 11.8 Å². The van der Waals surface area contributed by atoms with Crippen molar-refractivity contribution < 1.29 is 37.1 Å². The van der Waals surface area contributed by atoms with E-state index in [9.17, 15) is 22.8 Å². The normalized spacial score (nSPS) is 27.3. The Morgan fingerprint density at radius 2 is 1.29 bits per heavy atom. The van der Waals surface area contributed by atoms with Gasteiger partial charge in [0.1, 0.15) is 11.4 Å². The maximum atomic E-state index is 15.0. The molecule has 6 fully saturated rings. The summed E-state index contributed by atoms with van der Waals surface area (Å²) in [7, 11) is 1.73. The van der Waals surface area contributed by atoms with Gasteiger partial charge in [0.25, 0.3) is 0 Å². The molecule has 3 saturated carbocycles. The third-order valence-electron chi connectivity index (χ3n) is 16.7. The van der Waals surface area contributed by atoms with Gasteiger partial charge in [0.2, 0.25) is 11.8 Å². The van der Waals surface area contributed by atoms with Gasteiger partial charge in [-0.15, -0.1) is 0 Å². The van der Waals surface area contributed by atoms with Crippen molar-refractivity contribution in [2.75, 3.05) is 76.4 Å². The van der Waals surface area contributed by atoms with Gasteiger partial charge in [-0.05, 0) is 126 Å². The first-order valence-corrected chi connectivity index (χ1v) is 25.5. The van der Waals surface area contributed by atoms with Crippen molar-refractivity contribution in [3.05, 3.63) is 84.2 Å². The van der Waals surface area contributed by atoms with E-state index in [-0.39, 0.29) is 67.5 Å². The third kappa shape index (κ3) is 8.43. The zero-order chi connectivity index (χ0) is 47.7. The van der Waals surface area contributed by atoms with Crippen LogP contribution in [-0.2, 0) is 37.0 Å². The number of fused-ring (bicyclic) bond motifs is 6. The Labute approximate surface area is 407 Å². The van der Waals surface area contributed by atoms with Crippen molar-refractivity contribution >= 4 is 57.6 Å². The van der Waals surface area contributed by atoms with Crippen molar-refractivity contribution in [1.29, 1.82) is 0 Å². The minimum Gasteiger partial charge on any atom is -0.381 e. The molecule has 2 atom stereocenters. The van der Waals surface area contributed by atoms with Crippen LogP contribution in [-0.4, -0.2) is 109 Å². The second kappa shape index (κ2) is 18.3. The van der Waals surface area contributed by atoms with Gasteiger partial charge in [0, 0.05) is 93.1 Å². The van der Waals surface area contributed by atoms with Gasteiger partial charge in [0.15, 0.2) is 5.82 Å². The van der Waals surface area contributed by atoms with Crippen LogP contribution < -0.4 is 30.0 Å². The van der Waals surface area contributed by atoms with Crippen LogP contribution in [0.5, 0.6) is 0 Å². The number of hydrogen-bond donors (Lipinski definition) is 1. The van der Waals surface area contributed by atoms with Crippen molar-refractivity contribution in [3.8, 4) is 0 Å². The minimum atomic E-state index is -4.25. The fraction of sp³-hybridized carbons (Fsp3) is 0.547. The van der Waals surface area contributed by atoms with Crippen LogP contribution >= 0.6 is 0 Å². The molecule has 0 spiro atoms. The number of nitrogens with one attached hydrogen (secondary N) is 1. The number of hydrogen-bond acceptors (Lipinski definition) is 12. The molecule has 2 aromatic carbocycles. The summed E-state index contributed by atoms with van der Waals surface area (Å²) in [6.07, 6.45) is 7.60. The molecule has 17 heteroatoms. The first-order chi connectivity index (χ1) is 34.0. The number of pyridine rings is 2. The Morgan fingerprint density at radius 1 is 0.686 bits per heavy atom. The number of methoxy groups -OCH3 is 1. The Morgan fingerprint density at radius 3 is 1.96 bits per heavy atom. The third-order valence-corrected chi connectivity index (χ3v) is 16.7. The predicted molar refractivity (Wildman–Crippen MR) is 261 cm³/mol. The summed E-state index contributed by atoms with van der Waals surface area (Å²) >= 11 is 0. The van der Waals surface area contributed by atoms with E-state index in [4.69, 9.17) is 19.3 Å². The summed E-state index contributed by atoms with van der Waals surface area (Å²) < 4.78 is 54.2. The van der Waals surface area contributed by atoms with Crippen molar-refractivity contribution in [2.45, 2.75) is 126 Å². The van der Waals surface area contributed by atoms with Crippen LogP contribution in [0.3, 0.4) is 0 Å². The van der Waals surface area contributed by atoms with E-state index in [1.165, 1.54) is 0 Å². The number of amides is 2. The lowest BCUT2D eigenvalue weighted by Gasteiger charge is -2.41. The van der Waals surface area contributed by atoms with E-state index in [1.54, 1.807) is 29.5 Å². The topological polar surface area (TPSA) is 119 Å². The maximum Gasteiger partial charge on any atom is 0.406 e. The standard InChI is InChI=1S/C53H62F3N9O5/c1-68-40-12-6-34(7-13-40)51(67)64-31-37-5-3-23-58-49(37)65(45-19-11-38(29-47(45)64)60-24-26-62(27-25-60)52(20-21-52)53(54,55)56)70-41-14-8-35(9-15-41)50(66)63-30-36-4-2-22-57-48(36)59-44-18-10-39(28-46(44)63)61-32-42-16-17-43(33-61)69-42/h2-5,10-11,18-19,22-23,28-29,34-35,40-43H,6-9,12-17,20-21,24-27,30-33H2,1H3,(H,57,59)/t34-,35-,40+,41-,42?,43?. The van der Waals surface area contributed by atoms with Crippen LogP contribution in [0.25, 0.3) is 0 Å². The molecule has 1 N–H and O–H groups in total. The number of morpholine rings is 1. The summed E-state index contributed by atoms with van der Waals surface area (Å²) in [5.41, 5.74) is 5.08. The molecule has 2 amide bonds. The lowest BCUT2D eigenvalue weighted by molar-refractivity contribution is -0.197. The molecule has 70 heavy (non-hydrogen) atoms. The van der Waals surface area contributed by atoms with Gasteiger partial charge in [-0.3, -0.25) is 19.3 Å². The van der Waals surface area contributed by atoms with Gasteiger partial charge in [-0.1, -0.05) is 12.1 Å². The highest BCUT2D eigenvalue weighted by atomic mass is 19.4. The van der Waals surface area contributed by atoms with Crippen LogP contribution in [0.1, 0.15) is 88.2 Å². The van der Waals surface area contributed by atoms with Crippen molar-refractivity contribution in [3.63, 3.8) is 0 Å². The van der Waals surface area contributed by atoms with Crippen LogP contribution in [0.15, 0.2) is 73.1 Å². The number of aromatic nitrogens is 2. The fourth-order valence-electron chi connectivity index (χ4n) is 12.5. The quantitative estimate of drug-likeness (QED) is 0.182. The highest BCUT2D eigenvalue weighted by Crippen LogP contribution is 2.54. The maximum absolute atomic E-state index is 15.0. The Hall–Kier alpha value is -5.49.